The third-order valence-electron chi connectivity index (χ3n) is 4.44. The van der Waals surface area contributed by atoms with Gasteiger partial charge in [0.1, 0.15) is 0 Å². The molecule has 2 heterocycles. The Morgan fingerprint density at radius 2 is 1.56 bits per heavy atom. The van der Waals surface area contributed by atoms with Crippen molar-refractivity contribution in [2.24, 2.45) is 0 Å². The summed E-state index contributed by atoms with van der Waals surface area (Å²) in [7, 11) is -3.51. The third-order valence-corrected chi connectivity index (χ3v) is 6.36. The molecule has 0 unspecified atom stereocenters. The average Bonchev–Trinajstić information content (AvgIpc) is 3.19. The van der Waals surface area contributed by atoms with E-state index >= 15 is 0 Å². The molecule has 1 saturated heterocycles. The maximum absolute atomic E-state index is 12.7. The maximum atomic E-state index is 12.7. The standard InChI is InChI=1S/C19H19N3O4S/c1-14-2-4-16(5-3-14)19-20-18(21-26-19)15-6-8-17(9-7-15)27(23,24)22-10-12-25-13-11-22/h2-9H,10-13H2,1H3. The summed E-state index contributed by atoms with van der Waals surface area (Å²) in [5.74, 6) is 0.843. The van der Waals surface area contributed by atoms with Gasteiger partial charge in [0.05, 0.1) is 18.1 Å². The van der Waals surface area contributed by atoms with E-state index in [0.29, 0.717) is 43.6 Å². The van der Waals surface area contributed by atoms with Crippen LogP contribution in [0, 0.1) is 6.92 Å². The number of nitrogens with zero attached hydrogens (tertiary/aromatic N) is 3. The molecule has 1 fully saturated rings. The van der Waals surface area contributed by atoms with Crippen LogP contribution in [0.2, 0.25) is 0 Å². The molecule has 0 aliphatic carbocycles. The smallest absolute Gasteiger partial charge is 0.258 e. The zero-order valence-electron chi connectivity index (χ0n) is 14.8. The van der Waals surface area contributed by atoms with E-state index in [9.17, 15) is 8.42 Å². The number of sulfonamides is 1. The van der Waals surface area contributed by atoms with Crippen molar-refractivity contribution in [1.82, 2.24) is 14.4 Å². The highest BCUT2D eigenvalue weighted by atomic mass is 32.2. The highest BCUT2D eigenvalue weighted by Gasteiger charge is 2.26. The summed E-state index contributed by atoms with van der Waals surface area (Å²) in [5, 5.41) is 4.00. The Labute approximate surface area is 157 Å². The fourth-order valence-corrected chi connectivity index (χ4v) is 4.27. The van der Waals surface area contributed by atoms with Crippen LogP contribution < -0.4 is 0 Å². The maximum Gasteiger partial charge on any atom is 0.258 e. The van der Waals surface area contributed by atoms with Gasteiger partial charge < -0.3 is 9.26 Å². The van der Waals surface area contributed by atoms with Crippen LogP contribution in [-0.2, 0) is 14.8 Å². The molecular weight excluding hydrogens is 366 g/mol. The first-order valence-electron chi connectivity index (χ1n) is 8.63. The third kappa shape index (κ3) is 3.64. The van der Waals surface area contributed by atoms with Crippen molar-refractivity contribution >= 4 is 10.0 Å². The second-order valence-electron chi connectivity index (χ2n) is 6.33. The summed E-state index contributed by atoms with van der Waals surface area (Å²) >= 11 is 0. The van der Waals surface area contributed by atoms with Crippen molar-refractivity contribution in [3.05, 3.63) is 54.1 Å². The Kier molecular flexibility index (Phi) is 4.77. The second kappa shape index (κ2) is 7.22. The van der Waals surface area contributed by atoms with Gasteiger partial charge in [0, 0.05) is 24.2 Å². The molecule has 1 aromatic heterocycles. The van der Waals surface area contributed by atoms with Crippen LogP contribution in [0.15, 0.2) is 57.9 Å². The Morgan fingerprint density at radius 1 is 0.926 bits per heavy atom. The minimum atomic E-state index is -3.51. The first-order valence-corrected chi connectivity index (χ1v) is 10.1. The topological polar surface area (TPSA) is 85.5 Å². The quantitative estimate of drug-likeness (QED) is 0.686. The number of rotatable bonds is 4. The molecule has 1 aliphatic rings. The lowest BCUT2D eigenvalue weighted by Gasteiger charge is -2.26. The first kappa shape index (κ1) is 17.8. The summed E-state index contributed by atoms with van der Waals surface area (Å²) in [6.45, 7) is 3.59. The second-order valence-corrected chi connectivity index (χ2v) is 8.27. The molecule has 4 rings (SSSR count). The van der Waals surface area contributed by atoms with Crippen LogP contribution in [0.1, 0.15) is 5.56 Å². The molecule has 0 saturated carbocycles. The highest BCUT2D eigenvalue weighted by Crippen LogP contribution is 2.24. The minimum Gasteiger partial charge on any atom is -0.379 e. The number of hydrogen-bond acceptors (Lipinski definition) is 6. The van der Waals surface area contributed by atoms with Gasteiger partial charge in [0.2, 0.25) is 15.8 Å². The van der Waals surface area contributed by atoms with E-state index < -0.39 is 10.0 Å². The normalized spacial score (nSPS) is 15.7. The molecule has 0 spiro atoms. The summed E-state index contributed by atoms with van der Waals surface area (Å²) in [5.41, 5.74) is 2.68. The molecule has 27 heavy (non-hydrogen) atoms. The van der Waals surface area contributed by atoms with Gasteiger partial charge in [0.25, 0.3) is 5.89 Å². The van der Waals surface area contributed by atoms with Gasteiger partial charge in [-0.3, -0.25) is 0 Å². The molecule has 0 radical (unpaired) electrons. The van der Waals surface area contributed by atoms with E-state index in [-0.39, 0.29) is 4.90 Å². The lowest BCUT2D eigenvalue weighted by atomic mass is 10.1. The number of morpholine rings is 1. The van der Waals surface area contributed by atoms with Gasteiger partial charge in [-0.15, -0.1) is 0 Å². The van der Waals surface area contributed by atoms with Crippen molar-refractivity contribution in [1.29, 1.82) is 0 Å². The average molecular weight is 385 g/mol. The molecule has 0 atom stereocenters. The fraction of sp³-hybridized carbons (Fsp3) is 0.263. The molecule has 140 valence electrons. The lowest BCUT2D eigenvalue weighted by molar-refractivity contribution is 0.0730. The monoisotopic (exact) mass is 385 g/mol. The molecule has 0 bridgehead atoms. The highest BCUT2D eigenvalue weighted by molar-refractivity contribution is 7.89. The lowest BCUT2D eigenvalue weighted by Crippen LogP contribution is -2.40. The van der Waals surface area contributed by atoms with E-state index in [1.165, 1.54) is 4.31 Å². The number of benzene rings is 2. The molecule has 0 N–H and O–H groups in total. The predicted molar refractivity (Wildman–Crippen MR) is 99.5 cm³/mol. The molecule has 7 nitrogen and oxygen atoms in total. The van der Waals surface area contributed by atoms with Crippen LogP contribution in [0.4, 0.5) is 0 Å². The molecule has 1 aliphatic heterocycles. The number of aryl methyl sites for hydroxylation is 1. The Hall–Kier alpha value is -2.55. The van der Waals surface area contributed by atoms with Crippen molar-refractivity contribution in [2.75, 3.05) is 26.3 Å². The summed E-state index contributed by atoms with van der Waals surface area (Å²) < 4.78 is 37.3. The van der Waals surface area contributed by atoms with E-state index in [0.717, 1.165) is 11.1 Å². The van der Waals surface area contributed by atoms with Crippen molar-refractivity contribution < 1.29 is 17.7 Å². The van der Waals surface area contributed by atoms with Crippen LogP contribution in [0.3, 0.4) is 0 Å². The van der Waals surface area contributed by atoms with E-state index in [1.807, 2.05) is 31.2 Å². The summed E-state index contributed by atoms with van der Waals surface area (Å²) in [6, 6.07) is 14.3. The Balaban J connectivity index is 1.57. The Morgan fingerprint density at radius 3 is 2.22 bits per heavy atom. The molecular formula is C19H19N3O4S. The summed E-state index contributed by atoms with van der Waals surface area (Å²) in [6.07, 6.45) is 0. The van der Waals surface area contributed by atoms with E-state index in [1.54, 1.807) is 24.3 Å². The van der Waals surface area contributed by atoms with Crippen molar-refractivity contribution in [2.45, 2.75) is 11.8 Å². The van der Waals surface area contributed by atoms with Crippen molar-refractivity contribution in [3.63, 3.8) is 0 Å². The van der Waals surface area contributed by atoms with Gasteiger partial charge in [-0.05, 0) is 43.3 Å². The van der Waals surface area contributed by atoms with E-state index in [4.69, 9.17) is 9.26 Å². The van der Waals surface area contributed by atoms with Gasteiger partial charge >= 0.3 is 0 Å². The van der Waals surface area contributed by atoms with Crippen LogP contribution in [0.5, 0.6) is 0 Å². The SMILES string of the molecule is Cc1ccc(-c2nc(-c3ccc(S(=O)(=O)N4CCOCC4)cc3)no2)cc1. The van der Waals surface area contributed by atoms with Gasteiger partial charge in [-0.2, -0.15) is 9.29 Å². The minimum absolute atomic E-state index is 0.246. The number of hydrogen-bond donors (Lipinski definition) is 0. The van der Waals surface area contributed by atoms with Gasteiger partial charge in [-0.25, -0.2) is 8.42 Å². The molecule has 3 aromatic rings. The molecule has 0 amide bonds. The summed E-state index contributed by atoms with van der Waals surface area (Å²) in [4.78, 5) is 4.65. The van der Waals surface area contributed by atoms with Crippen LogP contribution >= 0.6 is 0 Å². The van der Waals surface area contributed by atoms with Crippen LogP contribution in [0.25, 0.3) is 22.8 Å². The van der Waals surface area contributed by atoms with E-state index in [2.05, 4.69) is 10.1 Å². The zero-order chi connectivity index (χ0) is 18.9. The first-order chi connectivity index (χ1) is 13.0. The van der Waals surface area contributed by atoms with Gasteiger partial charge in [0.15, 0.2) is 0 Å². The Bertz CT molecular complexity index is 1020. The van der Waals surface area contributed by atoms with Crippen molar-refractivity contribution in [3.8, 4) is 22.8 Å². The fourth-order valence-electron chi connectivity index (χ4n) is 2.87. The molecule has 8 heteroatoms. The largest absolute Gasteiger partial charge is 0.379 e. The number of ether oxygens (including phenoxy) is 1. The predicted octanol–water partition coefficient (Wildman–Crippen LogP) is 2.73. The number of aromatic nitrogens is 2. The van der Waals surface area contributed by atoms with Gasteiger partial charge in [-0.1, -0.05) is 22.9 Å². The van der Waals surface area contributed by atoms with Crippen LogP contribution in [-0.4, -0.2) is 49.2 Å². The molecule has 2 aromatic carbocycles. The zero-order valence-corrected chi connectivity index (χ0v) is 15.6.